The Labute approximate surface area is 201 Å². The predicted octanol–water partition coefficient (Wildman–Crippen LogP) is 4.03. The Bertz CT molecular complexity index is 1300. The fourth-order valence-corrected chi connectivity index (χ4v) is 4.28. The van der Waals surface area contributed by atoms with E-state index in [0.717, 1.165) is 45.2 Å². The van der Waals surface area contributed by atoms with Crippen LogP contribution in [0.4, 0.5) is 0 Å². The first-order chi connectivity index (χ1) is 16.5. The van der Waals surface area contributed by atoms with Crippen LogP contribution in [-0.4, -0.2) is 49.7 Å². The van der Waals surface area contributed by atoms with E-state index in [1.54, 1.807) is 6.08 Å². The molecule has 4 heterocycles. The van der Waals surface area contributed by atoms with Gasteiger partial charge in [-0.1, -0.05) is 31.4 Å². The van der Waals surface area contributed by atoms with Gasteiger partial charge in [-0.15, -0.1) is 0 Å². The number of aromatic nitrogens is 5. The first kappa shape index (κ1) is 23.6. The maximum Gasteiger partial charge on any atom is 0.159 e. The lowest BCUT2D eigenvalue weighted by Crippen LogP contribution is -2.21. The van der Waals surface area contributed by atoms with Gasteiger partial charge in [0.15, 0.2) is 5.82 Å². The van der Waals surface area contributed by atoms with Crippen molar-refractivity contribution in [3.05, 3.63) is 76.3 Å². The Morgan fingerprint density at radius 1 is 1.24 bits per heavy atom. The molecule has 1 saturated heterocycles. The van der Waals surface area contributed by atoms with Crippen molar-refractivity contribution in [3.63, 3.8) is 0 Å². The molecule has 6 heteroatoms. The average Bonchev–Trinajstić information content (AvgIpc) is 3.57. The number of allylic oxidation sites excluding steroid dienone is 4. The summed E-state index contributed by atoms with van der Waals surface area (Å²) in [4.78, 5) is 15.0. The van der Waals surface area contributed by atoms with Crippen molar-refractivity contribution >= 4 is 24.3 Å². The highest BCUT2D eigenvalue weighted by molar-refractivity contribution is 5.69. The monoisotopic (exact) mass is 454 g/mol. The fraction of sp³-hybridized carbons (Fsp3) is 0.321. The minimum Gasteiger partial charge on any atom is -0.340 e. The number of H-pyrrole nitrogens is 2. The van der Waals surface area contributed by atoms with Crippen molar-refractivity contribution in [3.8, 4) is 11.5 Å². The molecule has 0 spiro atoms. The molecule has 1 aliphatic heterocycles. The van der Waals surface area contributed by atoms with Crippen molar-refractivity contribution < 1.29 is 0 Å². The Morgan fingerprint density at radius 2 is 2.06 bits per heavy atom. The lowest BCUT2D eigenvalue weighted by atomic mass is 10.0. The van der Waals surface area contributed by atoms with Gasteiger partial charge < -0.3 is 9.88 Å². The van der Waals surface area contributed by atoms with Crippen LogP contribution in [0.3, 0.4) is 0 Å². The van der Waals surface area contributed by atoms with Gasteiger partial charge in [-0.25, -0.2) is 4.98 Å². The number of hydrogen-bond acceptors (Lipinski definition) is 4. The molecule has 2 N–H and O–H groups in total. The molecule has 0 radical (unpaired) electrons. The van der Waals surface area contributed by atoms with Crippen molar-refractivity contribution in [2.24, 2.45) is 0 Å². The van der Waals surface area contributed by atoms with Crippen LogP contribution in [0.2, 0.25) is 0 Å². The van der Waals surface area contributed by atoms with Gasteiger partial charge in [0.25, 0.3) is 0 Å². The molecule has 4 rings (SSSR count). The Balaban J connectivity index is 1.47. The second kappa shape index (κ2) is 11.1. The number of aromatic amines is 2. The van der Waals surface area contributed by atoms with Crippen LogP contribution in [0, 0.1) is 6.92 Å². The summed E-state index contributed by atoms with van der Waals surface area (Å²) in [5.74, 6) is 0.702. The molecule has 34 heavy (non-hydrogen) atoms. The number of nitrogens with zero attached hydrogens (tertiary/aromatic N) is 4. The Hall–Kier alpha value is -3.51. The van der Waals surface area contributed by atoms with E-state index in [1.165, 1.54) is 44.5 Å². The quantitative estimate of drug-likeness (QED) is 0.479. The summed E-state index contributed by atoms with van der Waals surface area (Å²) < 4.78 is 0. The molecular weight excluding hydrogens is 420 g/mol. The smallest absolute Gasteiger partial charge is 0.159 e. The van der Waals surface area contributed by atoms with Gasteiger partial charge in [0.05, 0.1) is 11.0 Å². The molecule has 176 valence electrons. The third-order valence-electron chi connectivity index (χ3n) is 6.32. The van der Waals surface area contributed by atoms with Crippen LogP contribution < -0.4 is 10.6 Å². The molecule has 6 nitrogen and oxygen atoms in total. The van der Waals surface area contributed by atoms with Gasteiger partial charge in [0.1, 0.15) is 5.69 Å². The number of nitrogens with one attached hydrogen (secondary N) is 2. The molecule has 1 fully saturated rings. The summed E-state index contributed by atoms with van der Waals surface area (Å²) in [6.07, 6.45) is 18.5. The molecule has 0 bridgehead atoms. The molecule has 0 amide bonds. The lowest BCUT2D eigenvalue weighted by Gasteiger charge is -2.14. The Kier molecular flexibility index (Phi) is 7.70. The van der Waals surface area contributed by atoms with Crippen LogP contribution in [0.5, 0.6) is 0 Å². The number of aryl methyl sites for hydroxylation is 2. The SMILES string of the molecule is C=C/C=C\c1nc(-c2n[nH]/c(=C/C=C(\C)c3cncc(CCCN4CCCC4)c3)c2=C)[nH]c1C. The number of imidazole rings is 1. The normalized spacial score (nSPS) is 15.6. The standard InChI is InChI=1S/C28H34N6/c1-5-6-11-26-22(4)30-28(31-26)27-21(3)25(32-33-27)13-12-20(2)24-17-23(18-29-19-24)10-9-16-34-14-7-8-15-34/h5-6,11-13,17-19,32H,1,3,7-10,14-16H2,2,4H3,(H,30,31)/b11-6-,20-12+,25-13+. The summed E-state index contributed by atoms with van der Waals surface area (Å²) in [6.45, 7) is 15.7. The maximum absolute atomic E-state index is 4.64. The average molecular weight is 455 g/mol. The molecular formula is C28H34N6. The van der Waals surface area contributed by atoms with Gasteiger partial charge in [0, 0.05) is 23.3 Å². The van der Waals surface area contributed by atoms with Crippen LogP contribution in [-0.2, 0) is 6.42 Å². The fourth-order valence-electron chi connectivity index (χ4n) is 4.28. The van der Waals surface area contributed by atoms with Crippen molar-refractivity contribution in [2.75, 3.05) is 19.6 Å². The first-order valence-electron chi connectivity index (χ1n) is 12.0. The molecule has 0 aromatic carbocycles. The lowest BCUT2D eigenvalue weighted by molar-refractivity contribution is 0.334. The molecule has 0 aliphatic carbocycles. The molecule has 1 aliphatic rings. The third kappa shape index (κ3) is 5.69. The van der Waals surface area contributed by atoms with Gasteiger partial charge in [0.2, 0.25) is 0 Å². The zero-order valence-corrected chi connectivity index (χ0v) is 20.3. The minimum absolute atomic E-state index is 0.702. The van der Waals surface area contributed by atoms with Gasteiger partial charge in [-0.2, -0.15) is 5.10 Å². The summed E-state index contributed by atoms with van der Waals surface area (Å²) in [6, 6.07) is 2.25. The number of hydrogen-bond donors (Lipinski definition) is 2. The highest BCUT2D eigenvalue weighted by Crippen LogP contribution is 2.16. The van der Waals surface area contributed by atoms with E-state index < -0.39 is 0 Å². The van der Waals surface area contributed by atoms with Gasteiger partial charge in [-0.05, 0) is 94.1 Å². The third-order valence-corrected chi connectivity index (χ3v) is 6.32. The van der Waals surface area contributed by atoms with Crippen molar-refractivity contribution in [1.82, 2.24) is 30.0 Å². The molecule has 3 aromatic heterocycles. The maximum atomic E-state index is 4.64. The molecule has 0 saturated carbocycles. The second-order valence-electron chi connectivity index (χ2n) is 8.91. The van der Waals surface area contributed by atoms with Crippen molar-refractivity contribution in [1.29, 1.82) is 0 Å². The van der Waals surface area contributed by atoms with E-state index in [9.17, 15) is 0 Å². The topological polar surface area (TPSA) is 73.5 Å². The van der Waals surface area contributed by atoms with E-state index in [2.05, 4.69) is 62.3 Å². The molecule has 0 unspecified atom stereocenters. The highest BCUT2D eigenvalue weighted by atomic mass is 15.1. The van der Waals surface area contributed by atoms with E-state index in [4.69, 9.17) is 0 Å². The highest BCUT2D eigenvalue weighted by Gasteiger charge is 2.11. The van der Waals surface area contributed by atoms with Crippen LogP contribution >= 0.6 is 0 Å². The van der Waals surface area contributed by atoms with Gasteiger partial charge in [-0.3, -0.25) is 10.1 Å². The predicted molar refractivity (Wildman–Crippen MR) is 141 cm³/mol. The van der Waals surface area contributed by atoms with Crippen LogP contribution in [0.15, 0.2) is 43.3 Å². The van der Waals surface area contributed by atoms with E-state index in [1.807, 2.05) is 37.5 Å². The molecule has 3 aromatic rings. The van der Waals surface area contributed by atoms with Crippen LogP contribution in [0.1, 0.15) is 48.7 Å². The number of rotatable bonds is 9. The van der Waals surface area contributed by atoms with Crippen LogP contribution in [0.25, 0.3) is 35.8 Å². The largest absolute Gasteiger partial charge is 0.340 e. The van der Waals surface area contributed by atoms with E-state index in [0.29, 0.717) is 5.82 Å². The summed E-state index contributed by atoms with van der Waals surface area (Å²) in [7, 11) is 0. The first-order valence-corrected chi connectivity index (χ1v) is 12.0. The Morgan fingerprint density at radius 3 is 2.85 bits per heavy atom. The summed E-state index contributed by atoms with van der Waals surface area (Å²) in [5, 5.41) is 9.21. The number of likely N-dealkylation sites (tertiary alicyclic amines) is 1. The van der Waals surface area contributed by atoms with Crippen molar-refractivity contribution in [2.45, 2.75) is 39.5 Å². The van der Waals surface area contributed by atoms with E-state index in [-0.39, 0.29) is 0 Å². The van der Waals surface area contributed by atoms with E-state index >= 15 is 0 Å². The summed E-state index contributed by atoms with van der Waals surface area (Å²) >= 11 is 0. The molecule has 0 atom stereocenters. The zero-order chi connectivity index (χ0) is 23.9. The summed E-state index contributed by atoms with van der Waals surface area (Å²) in [5.41, 5.74) is 6.15. The second-order valence-corrected chi connectivity index (χ2v) is 8.91. The van der Waals surface area contributed by atoms with Gasteiger partial charge >= 0.3 is 0 Å². The number of pyridine rings is 1. The zero-order valence-electron chi connectivity index (χ0n) is 20.3. The minimum atomic E-state index is 0.702.